The lowest BCUT2D eigenvalue weighted by molar-refractivity contribution is -0.384. The first-order valence-corrected chi connectivity index (χ1v) is 8.86. The number of non-ortho nitro benzene ring substituents is 1. The van der Waals surface area contributed by atoms with E-state index < -0.39 is 4.92 Å². The fourth-order valence-corrected chi connectivity index (χ4v) is 3.39. The summed E-state index contributed by atoms with van der Waals surface area (Å²) in [6, 6.07) is 13.4. The van der Waals surface area contributed by atoms with Crippen molar-refractivity contribution >= 4 is 23.1 Å². The summed E-state index contributed by atoms with van der Waals surface area (Å²) < 4.78 is 0. The number of rotatable bonds is 5. The Morgan fingerprint density at radius 3 is 2.37 bits per heavy atom. The highest BCUT2D eigenvalue weighted by Crippen LogP contribution is 2.27. The van der Waals surface area contributed by atoms with Crippen molar-refractivity contribution in [2.24, 2.45) is 5.92 Å². The van der Waals surface area contributed by atoms with Crippen molar-refractivity contribution in [1.29, 1.82) is 0 Å². The summed E-state index contributed by atoms with van der Waals surface area (Å²) in [7, 11) is 1.67. The van der Waals surface area contributed by atoms with Gasteiger partial charge in [0.1, 0.15) is 0 Å². The molecule has 7 heteroatoms. The second-order valence-corrected chi connectivity index (χ2v) is 6.53. The molecule has 1 N–H and O–H groups in total. The van der Waals surface area contributed by atoms with E-state index in [1.54, 1.807) is 11.9 Å². The minimum absolute atomic E-state index is 0.106. The number of benzene rings is 2. The molecule has 0 spiro atoms. The zero-order valence-electron chi connectivity index (χ0n) is 15.1. The summed E-state index contributed by atoms with van der Waals surface area (Å²) in [5, 5.41) is 13.9. The van der Waals surface area contributed by atoms with Gasteiger partial charge in [-0.3, -0.25) is 19.7 Å². The third-order valence-corrected chi connectivity index (χ3v) is 4.92. The minimum Gasteiger partial charge on any atom is -0.387 e. The number of hydrogen-bond acceptors (Lipinski definition) is 5. The number of anilines is 1. The Morgan fingerprint density at radius 1 is 1.11 bits per heavy atom. The number of nitrogens with one attached hydrogen (secondary N) is 1. The largest absolute Gasteiger partial charge is 0.387 e. The monoisotopic (exact) mass is 367 g/mol. The molecule has 7 nitrogen and oxygen atoms in total. The van der Waals surface area contributed by atoms with Crippen LogP contribution in [0.4, 0.5) is 11.4 Å². The van der Waals surface area contributed by atoms with Crippen molar-refractivity contribution in [1.82, 2.24) is 4.90 Å². The molecule has 1 heterocycles. The molecule has 0 atom stereocenters. The summed E-state index contributed by atoms with van der Waals surface area (Å²) in [5.41, 5.74) is 1.40. The van der Waals surface area contributed by atoms with Gasteiger partial charge < -0.3 is 10.2 Å². The van der Waals surface area contributed by atoms with Gasteiger partial charge in [-0.2, -0.15) is 0 Å². The maximum atomic E-state index is 12.9. The molecular formula is C20H21N3O4. The first-order chi connectivity index (χ1) is 13.0. The van der Waals surface area contributed by atoms with Gasteiger partial charge in [-0.15, -0.1) is 0 Å². The van der Waals surface area contributed by atoms with Gasteiger partial charge in [0.2, 0.25) is 0 Å². The van der Waals surface area contributed by atoms with Crippen molar-refractivity contribution in [3.63, 3.8) is 0 Å². The molecule has 1 amide bonds. The van der Waals surface area contributed by atoms with Crippen LogP contribution in [0.5, 0.6) is 0 Å². The van der Waals surface area contributed by atoms with Gasteiger partial charge in [0.15, 0.2) is 5.78 Å². The van der Waals surface area contributed by atoms with Crippen LogP contribution in [0.2, 0.25) is 0 Å². The molecule has 27 heavy (non-hydrogen) atoms. The predicted molar refractivity (Wildman–Crippen MR) is 102 cm³/mol. The SMILES string of the molecule is CNc1ccc([N+](=O)[O-])cc1C(=O)N1CCC(C(=O)c2ccccc2)CC1. The van der Waals surface area contributed by atoms with Gasteiger partial charge in [0.25, 0.3) is 11.6 Å². The van der Waals surface area contributed by atoms with Crippen molar-refractivity contribution in [2.75, 3.05) is 25.5 Å². The van der Waals surface area contributed by atoms with E-state index >= 15 is 0 Å². The van der Waals surface area contributed by atoms with E-state index in [-0.39, 0.29) is 28.9 Å². The maximum absolute atomic E-state index is 12.9. The first kappa shape index (κ1) is 18.6. The third kappa shape index (κ3) is 3.97. The number of Topliss-reactive ketones (excluding diaryl/α,β-unsaturated/α-hetero) is 1. The van der Waals surface area contributed by atoms with Crippen molar-refractivity contribution in [3.05, 3.63) is 69.8 Å². The molecule has 0 radical (unpaired) electrons. The quantitative estimate of drug-likeness (QED) is 0.497. The van der Waals surface area contributed by atoms with E-state index in [0.29, 0.717) is 37.2 Å². The van der Waals surface area contributed by atoms with E-state index in [9.17, 15) is 19.7 Å². The van der Waals surface area contributed by atoms with E-state index in [2.05, 4.69) is 5.32 Å². The number of amides is 1. The van der Waals surface area contributed by atoms with Crippen LogP contribution >= 0.6 is 0 Å². The zero-order chi connectivity index (χ0) is 19.4. The molecule has 2 aromatic rings. The fourth-order valence-electron chi connectivity index (χ4n) is 3.39. The zero-order valence-corrected chi connectivity index (χ0v) is 15.1. The Bertz CT molecular complexity index is 859. The normalized spacial score (nSPS) is 14.6. The standard InChI is InChI=1S/C20H21N3O4/c1-21-18-8-7-16(23(26)27)13-17(18)20(25)22-11-9-15(10-12-22)19(24)14-5-3-2-4-6-14/h2-8,13,15,21H,9-12H2,1H3. The van der Waals surface area contributed by atoms with Crippen molar-refractivity contribution in [3.8, 4) is 0 Å². The number of nitro benzene ring substituents is 1. The lowest BCUT2D eigenvalue weighted by Crippen LogP contribution is -2.40. The second kappa shape index (κ2) is 7.99. The Morgan fingerprint density at radius 2 is 1.78 bits per heavy atom. The van der Waals surface area contributed by atoms with Crippen LogP contribution in [-0.4, -0.2) is 41.7 Å². The van der Waals surface area contributed by atoms with E-state index in [1.807, 2.05) is 30.3 Å². The molecule has 1 aliphatic heterocycles. The lowest BCUT2D eigenvalue weighted by Gasteiger charge is -2.31. The number of piperidine rings is 1. The van der Waals surface area contributed by atoms with Gasteiger partial charge in [-0.1, -0.05) is 30.3 Å². The lowest BCUT2D eigenvalue weighted by atomic mass is 9.88. The number of likely N-dealkylation sites (tertiary alicyclic amines) is 1. The van der Waals surface area contributed by atoms with Gasteiger partial charge in [-0.05, 0) is 18.9 Å². The number of nitro groups is 1. The molecule has 0 aromatic heterocycles. The Hall–Kier alpha value is -3.22. The number of carbonyl (C=O) groups excluding carboxylic acids is 2. The maximum Gasteiger partial charge on any atom is 0.270 e. The smallest absolute Gasteiger partial charge is 0.270 e. The molecule has 0 saturated carbocycles. The summed E-state index contributed by atoms with van der Waals surface area (Å²) in [4.78, 5) is 37.6. The first-order valence-electron chi connectivity index (χ1n) is 8.86. The van der Waals surface area contributed by atoms with Crippen LogP contribution in [-0.2, 0) is 0 Å². The third-order valence-electron chi connectivity index (χ3n) is 4.92. The van der Waals surface area contributed by atoms with E-state index in [4.69, 9.17) is 0 Å². The minimum atomic E-state index is -0.513. The Balaban J connectivity index is 1.71. The van der Waals surface area contributed by atoms with Crippen LogP contribution in [0.25, 0.3) is 0 Å². The molecule has 1 fully saturated rings. The topological polar surface area (TPSA) is 92.6 Å². The summed E-state index contributed by atoms with van der Waals surface area (Å²) in [5.74, 6) is -0.257. The molecule has 1 saturated heterocycles. The highest BCUT2D eigenvalue weighted by atomic mass is 16.6. The number of nitrogens with zero attached hydrogens (tertiary/aromatic N) is 2. The number of ketones is 1. The van der Waals surface area contributed by atoms with Crippen LogP contribution in [0, 0.1) is 16.0 Å². The Kier molecular flexibility index (Phi) is 5.49. The molecule has 0 aliphatic carbocycles. The van der Waals surface area contributed by atoms with Gasteiger partial charge in [-0.25, -0.2) is 0 Å². The highest BCUT2D eigenvalue weighted by Gasteiger charge is 2.29. The van der Waals surface area contributed by atoms with Gasteiger partial charge in [0, 0.05) is 49.4 Å². The average Bonchev–Trinajstić information content (AvgIpc) is 2.73. The van der Waals surface area contributed by atoms with Gasteiger partial charge >= 0.3 is 0 Å². The summed E-state index contributed by atoms with van der Waals surface area (Å²) in [6.07, 6.45) is 1.17. The summed E-state index contributed by atoms with van der Waals surface area (Å²) in [6.45, 7) is 0.905. The molecule has 3 rings (SSSR count). The van der Waals surface area contributed by atoms with Gasteiger partial charge in [0.05, 0.1) is 10.5 Å². The van der Waals surface area contributed by atoms with Crippen molar-refractivity contribution in [2.45, 2.75) is 12.8 Å². The number of hydrogen-bond donors (Lipinski definition) is 1. The molecule has 2 aromatic carbocycles. The predicted octanol–water partition coefficient (Wildman–Crippen LogP) is 3.37. The highest BCUT2D eigenvalue weighted by molar-refractivity contribution is 6.01. The fraction of sp³-hybridized carbons (Fsp3) is 0.300. The second-order valence-electron chi connectivity index (χ2n) is 6.53. The summed E-state index contributed by atoms with van der Waals surface area (Å²) >= 11 is 0. The van der Waals surface area contributed by atoms with Crippen LogP contribution in [0.1, 0.15) is 33.6 Å². The molecule has 140 valence electrons. The van der Waals surface area contributed by atoms with Crippen LogP contribution < -0.4 is 5.32 Å². The van der Waals surface area contributed by atoms with E-state index in [1.165, 1.54) is 18.2 Å². The molecule has 0 bridgehead atoms. The number of carbonyl (C=O) groups is 2. The molecular weight excluding hydrogens is 346 g/mol. The van der Waals surface area contributed by atoms with Crippen molar-refractivity contribution < 1.29 is 14.5 Å². The molecule has 1 aliphatic rings. The average molecular weight is 367 g/mol. The molecule has 0 unspecified atom stereocenters. The van der Waals surface area contributed by atoms with Crippen LogP contribution in [0.15, 0.2) is 48.5 Å². The van der Waals surface area contributed by atoms with E-state index in [0.717, 1.165) is 0 Å². The van der Waals surface area contributed by atoms with Crippen LogP contribution in [0.3, 0.4) is 0 Å². The Labute approximate surface area is 157 Å².